The predicted octanol–water partition coefficient (Wildman–Crippen LogP) is 1.50. The van der Waals surface area contributed by atoms with Crippen molar-refractivity contribution >= 4 is 12.0 Å². The van der Waals surface area contributed by atoms with E-state index in [9.17, 15) is 9.59 Å². The van der Waals surface area contributed by atoms with E-state index in [2.05, 4.69) is 30.4 Å². The number of carboxylic acids is 1. The molecule has 0 bridgehead atoms. The average Bonchev–Trinajstić information content (AvgIpc) is 2.46. The number of carbonyl (C=O) groups excluding carboxylic acids is 1. The van der Waals surface area contributed by atoms with E-state index < -0.39 is 18.0 Å². The molecule has 0 aromatic heterocycles. The van der Waals surface area contributed by atoms with Gasteiger partial charge >= 0.3 is 12.0 Å². The first-order chi connectivity index (χ1) is 9.96. The minimum atomic E-state index is -1.13. The van der Waals surface area contributed by atoms with Crippen molar-refractivity contribution in [1.82, 2.24) is 10.6 Å². The van der Waals surface area contributed by atoms with Gasteiger partial charge in [-0.1, -0.05) is 13.8 Å². The Morgan fingerprint density at radius 2 is 2.14 bits per heavy atom. The second-order valence-electron chi connectivity index (χ2n) is 5.35. The van der Waals surface area contributed by atoms with Gasteiger partial charge in [0, 0.05) is 19.1 Å². The van der Waals surface area contributed by atoms with Crippen LogP contribution in [0.15, 0.2) is 0 Å². The predicted molar refractivity (Wildman–Crippen MR) is 78.8 cm³/mol. The molecule has 0 saturated carbocycles. The zero-order valence-corrected chi connectivity index (χ0v) is 12.6. The summed E-state index contributed by atoms with van der Waals surface area (Å²) in [4.78, 5) is 22.8. The normalized spacial score (nSPS) is 21.9. The fourth-order valence-corrected chi connectivity index (χ4v) is 2.60. The number of terminal acetylenes is 1. The van der Waals surface area contributed by atoms with E-state index in [0.29, 0.717) is 6.61 Å². The second kappa shape index (κ2) is 7.89. The van der Waals surface area contributed by atoms with Crippen LogP contribution in [0.1, 0.15) is 46.0 Å². The minimum Gasteiger partial charge on any atom is -0.480 e. The van der Waals surface area contributed by atoms with Gasteiger partial charge in [0.1, 0.15) is 6.04 Å². The van der Waals surface area contributed by atoms with Gasteiger partial charge in [-0.3, -0.25) is 0 Å². The number of carboxylic acid groups (broad SMARTS) is 1. The summed E-state index contributed by atoms with van der Waals surface area (Å²) in [5.41, 5.74) is -0.193. The molecular weight excluding hydrogens is 272 g/mol. The molecule has 2 unspecified atom stereocenters. The zero-order valence-electron chi connectivity index (χ0n) is 12.6. The van der Waals surface area contributed by atoms with Crippen LogP contribution in [0.25, 0.3) is 0 Å². The fraction of sp³-hybridized carbons (Fsp3) is 0.733. The van der Waals surface area contributed by atoms with Gasteiger partial charge < -0.3 is 20.5 Å². The zero-order chi connectivity index (χ0) is 15.9. The highest BCUT2D eigenvalue weighted by molar-refractivity contribution is 5.82. The molecule has 6 heteroatoms. The van der Waals surface area contributed by atoms with Crippen molar-refractivity contribution in [2.24, 2.45) is 0 Å². The third kappa shape index (κ3) is 4.94. The maximum atomic E-state index is 11.9. The first-order valence-corrected chi connectivity index (χ1v) is 7.33. The highest BCUT2D eigenvalue weighted by Crippen LogP contribution is 2.31. The Bertz CT molecular complexity index is 412. The molecule has 1 aliphatic heterocycles. The van der Waals surface area contributed by atoms with Crippen LogP contribution < -0.4 is 10.6 Å². The Kier molecular flexibility index (Phi) is 6.50. The molecule has 1 aliphatic rings. The van der Waals surface area contributed by atoms with Crippen molar-refractivity contribution in [2.75, 3.05) is 6.61 Å². The third-order valence-electron chi connectivity index (χ3n) is 4.04. The van der Waals surface area contributed by atoms with Crippen LogP contribution in [0, 0.1) is 12.3 Å². The van der Waals surface area contributed by atoms with E-state index in [-0.39, 0.29) is 18.1 Å². The lowest BCUT2D eigenvalue weighted by molar-refractivity contribution is -0.139. The largest absolute Gasteiger partial charge is 0.480 e. The van der Waals surface area contributed by atoms with Gasteiger partial charge in [-0.05, 0) is 25.7 Å². The van der Waals surface area contributed by atoms with Gasteiger partial charge in [-0.2, -0.15) is 0 Å². The number of nitrogens with one attached hydrogen (secondary N) is 2. The summed E-state index contributed by atoms with van der Waals surface area (Å²) in [6.45, 7) is 4.73. The van der Waals surface area contributed by atoms with E-state index in [1.165, 1.54) is 0 Å². The van der Waals surface area contributed by atoms with Crippen molar-refractivity contribution in [3.05, 3.63) is 0 Å². The fourth-order valence-electron chi connectivity index (χ4n) is 2.60. The maximum Gasteiger partial charge on any atom is 0.327 e. The lowest BCUT2D eigenvalue weighted by Crippen LogP contribution is -2.53. The smallest absolute Gasteiger partial charge is 0.327 e. The Labute approximate surface area is 125 Å². The van der Waals surface area contributed by atoms with Crippen molar-refractivity contribution in [1.29, 1.82) is 0 Å². The Hall–Kier alpha value is -1.74. The van der Waals surface area contributed by atoms with Crippen LogP contribution in [-0.4, -0.2) is 41.4 Å². The molecule has 0 aliphatic carbocycles. The minimum absolute atomic E-state index is 0.0149. The number of amides is 2. The Balaban J connectivity index is 2.54. The Morgan fingerprint density at radius 1 is 1.48 bits per heavy atom. The summed E-state index contributed by atoms with van der Waals surface area (Å²) in [5, 5.41) is 14.2. The molecule has 1 fully saturated rings. The van der Waals surface area contributed by atoms with Crippen LogP contribution in [0.2, 0.25) is 0 Å². The summed E-state index contributed by atoms with van der Waals surface area (Å²) < 4.78 is 5.84. The number of hydrogen-bond donors (Lipinski definition) is 3. The molecule has 1 heterocycles. The summed E-state index contributed by atoms with van der Waals surface area (Å²) >= 11 is 0. The number of aliphatic carboxylic acids is 1. The topological polar surface area (TPSA) is 87.7 Å². The SMILES string of the molecule is C#CCC(NC(=O)NC1CCOC(CC)(CC)C1)C(=O)O. The summed E-state index contributed by atoms with van der Waals surface area (Å²) in [6, 6.07) is -1.57. The molecule has 3 N–H and O–H groups in total. The van der Waals surface area contributed by atoms with Crippen LogP contribution in [0.5, 0.6) is 0 Å². The molecule has 0 aromatic carbocycles. The summed E-state index contributed by atoms with van der Waals surface area (Å²) in [6.07, 6.45) is 8.29. The van der Waals surface area contributed by atoms with E-state index >= 15 is 0 Å². The van der Waals surface area contributed by atoms with E-state index in [1.807, 2.05) is 0 Å². The number of ether oxygens (including phenoxy) is 1. The highest BCUT2D eigenvalue weighted by atomic mass is 16.5. The number of urea groups is 1. The summed E-state index contributed by atoms with van der Waals surface area (Å²) in [7, 11) is 0. The van der Waals surface area contributed by atoms with Crippen LogP contribution in [0.4, 0.5) is 4.79 Å². The van der Waals surface area contributed by atoms with E-state index in [0.717, 1.165) is 25.7 Å². The molecule has 0 aromatic rings. The molecule has 2 amide bonds. The van der Waals surface area contributed by atoms with Crippen molar-refractivity contribution in [2.45, 2.75) is 63.6 Å². The van der Waals surface area contributed by atoms with E-state index in [4.69, 9.17) is 16.3 Å². The van der Waals surface area contributed by atoms with Crippen LogP contribution >= 0.6 is 0 Å². The molecule has 1 saturated heterocycles. The highest BCUT2D eigenvalue weighted by Gasteiger charge is 2.35. The van der Waals surface area contributed by atoms with Gasteiger partial charge in [0.05, 0.1) is 5.60 Å². The number of carbonyl (C=O) groups is 2. The third-order valence-corrected chi connectivity index (χ3v) is 4.04. The van der Waals surface area contributed by atoms with E-state index in [1.54, 1.807) is 0 Å². The first-order valence-electron chi connectivity index (χ1n) is 7.33. The Morgan fingerprint density at radius 3 is 2.67 bits per heavy atom. The van der Waals surface area contributed by atoms with Crippen molar-refractivity contribution in [3.8, 4) is 12.3 Å². The first kappa shape index (κ1) is 17.3. The lowest BCUT2D eigenvalue weighted by Gasteiger charge is -2.40. The van der Waals surface area contributed by atoms with Gasteiger partial charge in [-0.25, -0.2) is 9.59 Å². The standard InChI is InChI=1S/C15H24N2O4/c1-4-7-12(13(18)19)17-14(20)16-11-8-9-21-15(5-2,6-3)10-11/h1,11-12H,5-10H2,2-3H3,(H,18,19)(H2,16,17,20). The van der Waals surface area contributed by atoms with Gasteiger partial charge in [-0.15, -0.1) is 12.3 Å². The van der Waals surface area contributed by atoms with Crippen molar-refractivity contribution in [3.63, 3.8) is 0 Å². The van der Waals surface area contributed by atoms with Crippen molar-refractivity contribution < 1.29 is 19.4 Å². The molecule has 0 spiro atoms. The molecule has 0 radical (unpaired) electrons. The molecule has 118 valence electrons. The quantitative estimate of drug-likeness (QED) is 0.648. The van der Waals surface area contributed by atoms with Crippen LogP contribution in [-0.2, 0) is 9.53 Å². The number of hydrogen-bond acceptors (Lipinski definition) is 3. The number of rotatable bonds is 6. The molecular formula is C15H24N2O4. The lowest BCUT2D eigenvalue weighted by atomic mass is 9.86. The maximum absolute atomic E-state index is 11.9. The molecule has 6 nitrogen and oxygen atoms in total. The molecule has 21 heavy (non-hydrogen) atoms. The van der Waals surface area contributed by atoms with Gasteiger partial charge in [0.25, 0.3) is 0 Å². The van der Waals surface area contributed by atoms with Gasteiger partial charge in [0.2, 0.25) is 0 Å². The summed E-state index contributed by atoms with van der Waals surface area (Å²) in [5.74, 6) is 1.11. The molecule has 2 atom stereocenters. The van der Waals surface area contributed by atoms with Gasteiger partial charge in [0.15, 0.2) is 0 Å². The monoisotopic (exact) mass is 296 g/mol. The second-order valence-corrected chi connectivity index (χ2v) is 5.35. The van der Waals surface area contributed by atoms with Crippen LogP contribution in [0.3, 0.4) is 0 Å². The molecule has 1 rings (SSSR count). The average molecular weight is 296 g/mol.